The lowest BCUT2D eigenvalue weighted by Gasteiger charge is -2.04. The summed E-state index contributed by atoms with van der Waals surface area (Å²) in [5.74, 6) is 0.726. The molecule has 3 heteroatoms. The molecule has 1 aromatic rings. The Morgan fingerprint density at radius 1 is 1.54 bits per heavy atom. The molecule has 0 aromatic carbocycles. The van der Waals surface area contributed by atoms with Crippen molar-refractivity contribution >= 4 is 12.7 Å². The van der Waals surface area contributed by atoms with Crippen LogP contribution in [-0.4, -0.2) is 18.9 Å². The number of hydrogen-bond donors (Lipinski definition) is 0. The van der Waals surface area contributed by atoms with Gasteiger partial charge in [0.25, 0.3) is 0 Å². The molecule has 0 saturated carbocycles. The minimum Gasteiger partial charge on any atom is -0.478 e. The SMILES string of the molecule is C[B]c1ccnc(OCCCC)c1. The van der Waals surface area contributed by atoms with Crippen LogP contribution in [0.4, 0.5) is 0 Å². The summed E-state index contributed by atoms with van der Waals surface area (Å²) in [6.07, 6.45) is 4.01. The van der Waals surface area contributed by atoms with Gasteiger partial charge in [-0.25, -0.2) is 4.98 Å². The van der Waals surface area contributed by atoms with Gasteiger partial charge < -0.3 is 4.74 Å². The fraction of sp³-hybridized carbons (Fsp3) is 0.500. The second-order valence-corrected chi connectivity index (χ2v) is 2.92. The first kappa shape index (κ1) is 10.1. The lowest BCUT2D eigenvalue weighted by Crippen LogP contribution is -2.11. The van der Waals surface area contributed by atoms with Gasteiger partial charge in [0.1, 0.15) is 7.28 Å². The van der Waals surface area contributed by atoms with Gasteiger partial charge in [0.2, 0.25) is 5.88 Å². The van der Waals surface area contributed by atoms with Crippen molar-refractivity contribution < 1.29 is 4.74 Å². The van der Waals surface area contributed by atoms with Crippen LogP contribution in [0.2, 0.25) is 6.82 Å². The van der Waals surface area contributed by atoms with E-state index in [-0.39, 0.29) is 0 Å². The number of nitrogens with zero attached hydrogens (tertiary/aromatic N) is 1. The summed E-state index contributed by atoms with van der Waals surface area (Å²) >= 11 is 0. The lowest BCUT2D eigenvalue weighted by molar-refractivity contribution is 0.298. The number of hydrogen-bond acceptors (Lipinski definition) is 2. The third-order valence-electron chi connectivity index (χ3n) is 1.84. The number of aromatic nitrogens is 1. The van der Waals surface area contributed by atoms with Gasteiger partial charge in [0, 0.05) is 6.20 Å². The predicted octanol–water partition coefficient (Wildman–Crippen LogP) is 1.64. The Labute approximate surface area is 80.6 Å². The van der Waals surface area contributed by atoms with Gasteiger partial charge in [-0.15, -0.1) is 0 Å². The molecule has 0 amide bonds. The minimum atomic E-state index is 0.726. The standard InChI is InChI=1S/C10H15BNO/c1-3-4-7-13-10-8-9(11-2)5-6-12-10/h5-6,8H,3-4,7H2,1-2H3. The average Bonchev–Trinajstić information content (AvgIpc) is 2.19. The van der Waals surface area contributed by atoms with Crippen molar-refractivity contribution in [2.45, 2.75) is 26.6 Å². The van der Waals surface area contributed by atoms with Crippen LogP contribution in [0.3, 0.4) is 0 Å². The maximum absolute atomic E-state index is 5.46. The van der Waals surface area contributed by atoms with E-state index in [1.165, 1.54) is 0 Å². The van der Waals surface area contributed by atoms with Crippen molar-refractivity contribution in [2.75, 3.05) is 6.61 Å². The normalized spacial score (nSPS) is 9.69. The van der Waals surface area contributed by atoms with Crippen LogP contribution < -0.4 is 10.2 Å². The number of pyridine rings is 1. The van der Waals surface area contributed by atoms with Crippen LogP contribution in [0.5, 0.6) is 5.88 Å². The van der Waals surface area contributed by atoms with Crippen molar-refractivity contribution in [1.82, 2.24) is 4.98 Å². The third kappa shape index (κ3) is 3.49. The summed E-state index contributed by atoms with van der Waals surface area (Å²) in [6.45, 7) is 4.91. The first-order chi connectivity index (χ1) is 6.36. The van der Waals surface area contributed by atoms with E-state index in [9.17, 15) is 0 Å². The highest BCUT2D eigenvalue weighted by atomic mass is 16.5. The van der Waals surface area contributed by atoms with Crippen molar-refractivity contribution in [2.24, 2.45) is 0 Å². The Morgan fingerprint density at radius 3 is 3.08 bits per heavy atom. The van der Waals surface area contributed by atoms with Gasteiger partial charge in [-0.2, -0.15) is 0 Å². The van der Waals surface area contributed by atoms with Crippen LogP contribution >= 0.6 is 0 Å². The molecule has 69 valence electrons. The Morgan fingerprint density at radius 2 is 2.38 bits per heavy atom. The topological polar surface area (TPSA) is 22.1 Å². The predicted molar refractivity (Wildman–Crippen MR) is 55.9 cm³/mol. The van der Waals surface area contributed by atoms with Crippen LogP contribution in [0.1, 0.15) is 19.8 Å². The van der Waals surface area contributed by atoms with Crippen molar-refractivity contribution in [3.63, 3.8) is 0 Å². The molecule has 0 aliphatic rings. The van der Waals surface area contributed by atoms with Gasteiger partial charge in [-0.1, -0.05) is 25.6 Å². The molecule has 0 bridgehead atoms. The van der Waals surface area contributed by atoms with E-state index in [1.807, 2.05) is 26.2 Å². The van der Waals surface area contributed by atoms with Gasteiger partial charge in [0.15, 0.2) is 0 Å². The smallest absolute Gasteiger partial charge is 0.212 e. The Balaban J connectivity index is 2.46. The average molecular weight is 176 g/mol. The van der Waals surface area contributed by atoms with Gasteiger partial charge in [0.05, 0.1) is 6.61 Å². The van der Waals surface area contributed by atoms with Crippen LogP contribution in [0.25, 0.3) is 0 Å². The molecule has 2 nitrogen and oxygen atoms in total. The molecular formula is C10H15BNO. The molecule has 0 N–H and O–H groups in total. The Kier molecular flexibility index (Phi) is 4.37. The zero-order valence-corrected chi connectivity index (χ0v) is 8.29. The first-order valence-corrected chi connectivity index (χ1v) is 4.75. The molecule has 1 aromatic heterocycles. The zero-order valence-electron chi connectivity index (χ0n) is 8.29. The largest absolute Gasteiger partial charge is 0.478 e. The molecule has 1 heterocycles. The van der Waals surface area contributed by atoms with Gasteiger partial charge >= 0.3 is 0 Å². The maximum Gasteiger partial charge on any atom is 0.212 e. The molecule has 0 fully saturated rings. The van der Waals surface area contributed by atoms with Crippen molar-refractivity contribution in [1.29, 1.82) is 0 Å². The molecule has 0 unspecified atom stereocenters. The van der Waals surface area contributed by atoms with Crippen LogP contribution in [-0.2, 0) is 0 Å². The summed E-state index contributed by atoms with van der Waals surface area (Å²) in [5.41, 5.74) is 1.15. The van der Waals surface area contributed by atoms with E-state index < -0.39 is 0 Å². The molecule has 0 saturated heterocycles. The quantitative estimate of drug-likeness (QED) is 0.502. The van der Waals surface area contributed by atoms with E-state index in [1.54, 1.807) is 6.20 Å². The molecular weight excluding hydrogens is 161 g/mol. The highest BCUT2D eigenvalue weighted by Crippen LogP contribution is 2.02. The van der Waals surface area contributed by atoms with Crippen molar-refractivity contribution in [3.05, 3.63) is 18.3 Å². The van der Waals surface area contributed by atoms with Gasteiger partial charge in [-0.3, -0.25) is 0 Å². The van der Waals surface area contributed by atoms with Crippen LogP contribution in [0.15, 0.2) is 18.3 Å². The minimum absolute atomic E-state index is 0.726. The second kappa shape index (κ2) is 5.62. The molecule has 0 atom stereocenters. The number of unbranched alkanes of at least 4 members (excludes halogenated alkanes) is 1. The zero-order chi connectivity index (χ0) is 9.52. The van der Waals surface area contributed by atoms with E-state index in [0.717, 1.165) is 30.8 Å². The third-order valence-corrected chi connectivity index (χ3v) is 1.84. The van der Waals surface area contributed by atoms with Crippen LogP contribution in [0, 0.1) is 0 Å². The van der Waals surface area contributed by atoms with E-state index in [4.69, 9.17) is 4.74 Å². The summed E-state index contributed by atoms with van der Waals surface area (Å²) in [7, 11) is 2.04. The van der Waals surface area contributed by atoms with Crippen molar-refractivity contribution in [3.8, 4) is 5.88 Å². The monoisotopic (exact) mass is 176 g/mol. The Bertz CT molecular complexity index is 252. The highest BCUT2D eigenvalue weighted by molar-refractivity contribution is 6.51. The molecule has 1 rings (SSSR count). The number of rotatable bonds is 5. The van der Waals surface area contributed by atoms with E-state index >= 15 is 0 Å². The second-order valence-electron chi connectivity index (χ2n) is 2.92. The fourth-order valence-corrected chi connectivity index (χ4v) is 1.00. The Hall–Kier alpha value is -0.985. The molecule has 0 aliphatic carbocycles. The summed E-state index contributed by atoms with van der Waals surface area (Å²) in [4.78, 5) is 4.12. The maximum atomic E-state index is 5.46. The summed E-state index contributed by atoms with van der Waals surface area (Å²) < 4.78 is 5.46. The molecule has 0 spiro atoms. The van der Waals surface area contributed by atoms with E-state index in [2.05, 4.69) is 11.9 Å². The fourth-order valence-electron chi connectivity index (χ4n) is 1.00. The highest BCUT2D eigenvalue weighted by Gasteiger charge is 1.96. The number of ether oxygens (including phenoxy) is 1. The first-order valence-electron chi connectivity index (χ1n) is 4.75. The van der Waals surface area contributed by atoms with Gasteiger partial charge in [-0.05, 0) is 18.6 Å². The summed E-state index contributed by atoms with van der Waals surface area (Å²) in [6, 6.07) is 3.92. The molecule has 1 radical (unpaired) electrons. The van der Waals surface area contributed by atoms with E-state index in [0.29, 0.717) is 0 Å². The molecule has 13 heavy (non-hydrogen) atoms. The summed E-state index contributed by atoms with van der Waals surface area (Å²) in [5, 5.41) is 0. The molecule has 0 aliphatic heterocycles. The lowest BCUT2D eigenvalue weighted by atomic mass is 9.74.